The van der Waals surface area contributed by atoms with Crippen LogP contribution in [0.3, 0.4) is 0 Å². The molecule has 0 aliphatic heterocycles. The van der Waals surface area contributed by atoms with Crippen LogP contribution in [0.15, 0.2) is 30.5 Å². The Labute approximate surface area is 105 Å². The third kappa shape index (κ3) is 3.36. The van der Waals surface area contributed by atoms with Gasteiger partial charge in [0.1, 0.15) is 11.5 Å². The molecular formula is C11H8F4N2O2. The highest BCUT2D eigenvalue weighted by Gasteiger charge is 2.15. The maximum absolute atomic E-state index is 12.3. The number of aromatic nitrogens is 2. The van der Waals surface area contributed by atoms with Gasteiger partial charge >= 0.3 is 13.2 Å². The van der Waals surface area contributed by atoms with Gasteiger partial charge in [0, 0.05) is 17.8 Å². The Morgan fingerprint density at radius 1 is 1.00 bits per heavy atom. The first-order valence-corrected chi connectivity index (χ1v) is 5.09. The number of nitrogens with zero attached hydrogens (tertiary/aromatic N) is 1. The quantitative estimate of drug-likeness (QED) is 0.852. The van der Waals surface area contributed by atoms with Crippen LogP contribution in [0.25, 0.3) is 11.3 Å². The van der Waals surface area contributed by atoms with Crippen molar-refractivity contribution in [1.82, 2.24) is 10.2 Å². The molecule has 0 spiro atoms. The Bertz CT molecular complexity index is 531. The maximum atomic E-state index is 12.3. The van der Waals surface area contributed by atoms with Gasteiger partial charge in [0.25, 0.3) is 0 Å². The van der Waals surface area contributed by atoms with E-state index in [1.54, 1.807) is 0 Å². The summed E-state index contributed by atoms with van der Waals surface area (Å²) in [7, 11) is 0. The topological polar surface area (TPSA) is 47.1 Å². The van der Waals surface area contributed by atoms with Gasteiger partial charge in [0.15, 0.2) is 0 Å². The fraction of sp³-hybridized carbons (Fsp3) is 0.182. The van der Waals surface area contributed by atoms with E-state index in [0.717, 1.165) is 6.07 Å². The number of halogens is 4. The third-order valence-corrected chi connectivity index (χ3v) is 2.19. The summed E-state index contributed by atoms with van der Waals surface area (Å²) < 4.78 is 57.1. The van der Waals surface area contributed by atoms with Gasteiger partial charge < -0.3 is 9.47 Å². The number of hydrogen-bond donors (Lipinski definition) is 1. The number of H-pyrrole nitrogens is 1. The Morgan fingerprint density at radius 2 is 1.74 bits per heavy atom. The summed E-state index contributed by atoms with van der Waals surface area (Å²) in [5.74, 6) is -0.550. The van der Waals surface area contributed by atoms with Gasteiger partial charge in [-0.1, -0.05) is 0 Å². The van der Waals surface area contributed by atoms with Crippen molar-refractivity contribution in [2.24, 2.45) is 0 Å². The van der Waals surface area contributed by atoms with Crippen molar-refractivity contribution in [3.63, 3.8) is 0 Å². The molecule has 19 heavy (non-hydrogen) atoms. The molecule has 102 valence electrons. The molecule has 0 atom stereocenters. The second kappa shape index (κ2) is 5.59. The zero-order chi connectivity index (χ0) is 13.8. The first-order valence-electron chi connectivity index (χ1n) is 5.09. The number of ether oxygens (including phenoxy) is 2. The van der Waals surface area contributed by atoms with Crippen LogP contribution in [0.1, 0.15) is 0 Å². The van der Waals surface area contributed by atoms with Gasteiger partial charge in [-0.2, -0.15) is 22.7 Å². The molecule has 1 heterocycles. The Hall–Kier alpha value is -2.25. The molecule has 4 nitrogen and oxygen atoms in total. The smallest absolute Gasteiger partial charge is 0.387 e. The number of nitrogens with one attached hydrogen (secondary N) is 1. The zero-order valence-corrected chi connectivity index (χ0v) is 9.32. The van der Waals surface area contributed by atoms with Crippen molar-refractivity contribution >= 4 is 0 Å². The van der Waals surface area contributed by atoms with Crippen LogP contribution in [0, 0.1) is 0 Å². The second-order valence-corrected chi connectivity index (χ2v) is 3.39. The summed E-state index contributed by atoms with van der Waals surface area (Å²) in [6.45, 7) is -6.12. The highest BCUT2D eigenvalue weighted by molar-refractivity contribution is 5.68. The predicted molar refractivity (Wildman–Crippen MR) is 57.3 cm³/mol. The lowest BCUT2D eigenvalue weighted by molar-refractivity contribution is -0.0540. The lowest BCUT2D eigenvalue weighted by Crippen LogP contribution is -2.05. The standard InChI is InChI=1S/C11H8F4N2O2/c12-10(13)18-6-1-2-7(8-3-4-16-17-8)9(5-6)19-11(14)15/h1-5,10-11H,(H,16,17). The van der Waals surface area contributed by atoms with Crippen LogP contribution in [-0.2, 0) is 0 Å². The largest absolute Gasteiger partial charge is 0.435 e. The molecule has 0 aliphatic carbocycles. The van der Waals surface area contributed by atoms with Crippen molar-refractivity contribution in [3.05, 3.63) is 30.5 Å². The van der Waals surface area contributed by atoms with E-state index in [1.807, 2.05) is 0 Å². The molecule has 8 heteroatoms. The second-order valence-electron chi connectivity index (χ2n) is 3.39. The van der Waals surface area contributed by atoms with Crippen molar-refractivity contribution in [2.45, 2.75) is 13.2 Å². The molecule has 2 rings (SSSR count). The van der Waals surface area contributed by atoms with E-state index in [2.05, 4.69) is 19.7 Å². The summed E-state index contributed by atoms with van der Waals surface area (Å²) in [4.78, 5) is 0. The SMILES string of the molecule is FC(F)Oc1ccc(-c2ccn[nH]2)c(OC(F)F)c1. The highest BCUT2D eigenvalue weighted by atomic mass is 19.3. The molecule has 2 aromatic rings. The average Bonchev–Trinajstić information content (AvgIpc) is 2.81. The van der Waals surface area contributed by atoms with E-state index >= 15 is 0 Å². The monoisotopic (exact) mass is 276 g/mol. The third-order valence-electron chi connectivity index (χ3n) is 2.19. The summed E-state index contributed by atoms with van der Waals surface area (Å²) in [6, 6.07) is 5.04. The maximum Gasteiger partial charge on any atom is 0.387 e. The summed E-state index contributed by atoms with van der Waals surface area (Å²) in [6.07, 6.45) is 1.42. The highest BCUT2D eigenvalue weighted by Crippen LogP contribution is 2.33. The first-order chi connectivity index (χ1) is 9.06. The number of hydrogen-bond acceptors (Lipinski definition) is 3. The molecule has 0 amide bonds. The molecule has 1 aromatic heterocycles. The summed E-state index contributed by atoms with van der Waals surface area (Å²) in [5.41, 5.74) is 0.679. The van der Waals surface area contributed by atoms with E-state index in [0.29, 0.717) is 5.69 Å². The molecule has 0 fully saturated rings. The minimum absolute atomic E-state index is 0.263. The van der Waals surface area contributed by atoms with E-state index in [1.165, 1.54) is 24.4 Å². The number of rotatable bonds is 5. The fourth-order valence-corrected chi connectivity index (χ4v) is 1.50. The van der Waals surface area contributed by atoms with Gasteiger partial charge in [-0.15, -0.1) is 0 Å². The van der Waals surface area contributed by atoms with E-state index in [9.17, 15) is 17.6 Å². The van der Waals surface area contributed by atoms with Gasteiger partial charge in [0.2, 0.25) is 0 Å². The van der Waals surface area contributed by atoms with Gasteiger partial charge in [-0.25, -0.2) is 0 Å². The molecule has 1 N–H and O–H groups in total. The van der Waals surface area contributed by atoms with Crippen LogP contribution < -0.4 is 9.47 Å². The van der Waals surface area contributed by atoms with Crippen LogP contribution >= 0.6 is 0 Å². The van der Waals surface area contributed by atoms with Crippen molar-refractivity contribution < 1.29 is 27.0 Å². The molecule has 0 radical (unpaired) electrons. The van der Waals surface area contributed by atoms with Crippen molar-refractivity contribution in [1.29, 1.82) is 0 Å². The summed E-state index contributed by atoms with van der Waals surface area (Å²) in [5, 5.41) is 6.23. The average molecular weight is 276 g/mol. The molecular weight excluding hydrogens is 268 g/mol. The minimum Gasteiger partial charge on any atom is -0.435 e. The van der Waals surface area contributed by atoms with E-state index in [-0.39, 0.29) is 17.1 Å². The van der Waals surface area contributed by atoms with Gasteiger partial charge in [-0.3, -0.25) is 5.10 Å². The van der Waals surface area contributed by atoms with Crippen molar-refractivity contribution in [3.8, 4) is 22.8 Å². The van der Waals surface area contributed by atoms with E-state index in [4.69, 9.17) is 0 Å². The number of benzene rings is 1. The number of aromatic amines is 1. The van der Waals surface area contributed by atoms with Crippen LogP contribution in [0.4, 0.5) is 17.6 Å². The Balaban J connectivity index is 2.37. The molecule has 0 unspecified atom stereocenters. The molecule has 0 saturated heterocycles. The number of alkyl halides is 4. The van der Waals surface area contributed by atoms with E-state index < -0.39 is 13.2 Å². The minimum atomic E-state index is -3.08. The normalized spacial score (nSPS) is 11.1. The van der Waals surface area contributed by atoms with Gasteiger partial charge in [-0.05, 0) is 18.2 Å². The fourth-order valence-electron chi connectivity index (χ4n) is 1.50. The summed E-state index contributed by atoms with van der Waals surface area (Å²) >= 11 is 0. The van der Waals surface area contributed by atoms with Crippen LogP contribution in [0.2, 0.25) is 0 Å². The Kier molecular flexibility index (Phi) is 3.88. The van der Waals surface area contributed by atoms with Gasteiger partial charge in [0.05, 0.1) is 5.69 Å². The lowest BCUT2D eigenvalue weighted by atomic mass is 10.1. The van der Waals surface area contributed by atoms with Crippen molar-refractivity contribution in [2.75, 3.05) is 0 Å². The lowest BCUT2D eigenvalue weighted by Gasteiger charge is -2.12. The van der Waals surface area contributed by atoms with Crippen LogP contribution in [-0.4, -0.2) is 23.4 Å². The zero-order valence-electron chi connectivity index (χ0n) is 9.32. The van der Waals surface area contributed by atoms with Crippen LogP contribution in [0.5, 0.6) is 11.5 Å². The Morgan fingerprint density at radius 3 is 2.32 bits per heavy atom. The molecule has 0 saturated carbocycles. The predicted octanol–water partition coefficient (Wildman–Crippen LogP) is 3.28. The first kappa shape index (κ1) is 13.2. The molecule has 0 aliphatic rings. The molecule has 1 aromatic carbocycles. The molecule has 0 bridgehead atoms.